The lowest BCUT2D eigenvalue weighted by atomic mass is 9.32. The van der Waals surface area contributed by atoms with E-state index >= 15 is 0 Å². The summed E-state index contributed by atoms with van der Waals surface area (Å²) in [4.78, 5) is 7.06. The summed E-state index contributed by atoms with van der Waals surface area (Å²) in [6.07, 6.45) is 7.17. The summed E-state index contributed by atoms with van der Waals surface area (Å²) in [5, 5.41) is 1.43. The molecule has 5 aromatic carbocycles. The molecule has 1 aromatic heterocycles. The summed E-state index contributed by atoms with van der Waals surface area (Å²) in [7, 11) is 0. The molecule has 2 nitrogen and oxygen atoms in total. The zero-order chi connectivity index (χ0) is 45.3. The van der Waals surface area contributed by atoms with Crippen molar-refractivity contribution in [2.45, 2.75) is 168 Å². The fourth-order valence-corrected chi connectivity index (χ4v) is 14.7. The van der Waals surface area contributed by atoms with Gasteiger partial charge in [0, 0.05) is 33.2 Å². The Morgan fingerprint density at radius 1 is 0.453 bits per heavy atom. The second kappa shape index (κ2) is 13.5. The Morgan fingerprint density at radius 2 is 1.02 bits per heavy atom. The van der Waals surface area contributed by atoms with Crippen LogP contribution in [0.4, 0.5) is 33.4 Å². The Morgan fingerprint density at radius 3 is 1.67 bits per heavy atom. The van der Waals surface area contributed by atoms with Crippen LogP contribution in [0.15, 0.2) is 91.0 Å². The quantitative estimate of drug-likeness (QED) is 0.163. The molecular weight excluding hydrogens is 792 g/mol. The summed E-state index contributed by atoms with van der Waals surface area (Å²) < 4.78 is 0. The van der Waals surface area contributed by atoms with Crippen LogP contribution in [0.1, 0.15) is 165 Å². The van der Waals surface area contributed by atoms with Crippen LogP contribution in [0.2, 0.25) is 0 Å². The van der Waals surface area contributed by atoms with Crippen LogP contribution in [0.5, 0.6) is 0 Å². The molecule has 2 aliphatic heterocycles. The molecule has 3 aliphatic carbocycles. The first-order valence-electron chi connectivity index (χ1n) is 24.4. The van der Waals surface area contributed by atoms with Gasteiger partial charge < -0.3 is 9.80 Å². The SMILES string of the molecule is Cc1ccc2c(c1)B1c3c(cc(C)cc3N(c3ccc4c(c3)C(C)(C)CCC4(C)C)c3sc4c(c31)C(C)(C)CCC4(C)C)N2c1cc2c(cc1-c1ccccc1)C(C)(C)CCC2(C)C. The van der Waals surface area contributed by atoms with Crippen molar-refractivity contribution in [1.29, 1.82) is 0 Å². The first-order valence-corrected chi connectivity index (χ1v) is 25.2. The first-order chi connectivity index (χ1) is 30.0. The van der Waals surface area contributed by atoms with Gasteiger partial charge >= 0.3 is 0 Å². The average molecular weight is 861 g/mol. The number of rotatable bonds is 3. The fraction of sp³-hybridized carbons (Fsp3) is 0.433. The molecule has 328 valence electrons. The number of nitrogens with zero attached hydrogens (tertiary/aromatic N) is 2. The molecule has 4 heteroatoms. The molecule has 0 saturated carbocycles. The van der Waals surface area contributed by atoms with Gasteiger partial charge in [0.2, 0.25) is 0 Å². The number of fused-ring (bicyclic) bond motifs is 8. The molecule has 0 bridgehead atoms. The maximum absolute atomic E-state index is 2.75. The minimum Gasteiger partial charge on any atom is -0.311 e. The molecule has 0 spiro atoms. The Labute approximate surface area is 389 Å². The topological polar surface area (TPSA) is 6.48 Å². The molecule has 0 fully saturated rings. The second-order valence-corrected chi connectivity index (χ2v) is 25.7. The summed E-state index contributed by atoms with van der Waals surface area (Å²) in [5.74, 6) is 0. The Balaban J connectivity index is 1.27. The Kier molecular flexibility index (Phi) is 8.90. The third-order valence-electron chi connectivity index (χ3n) is 17.3. The van der Waals surface area contributed by atoms with E-state index in [0.717, 1.165) is 0 Å². The number of aryl methyl sites for hydroxylation is 2. The zero-order valence-electron chi connectivity index (χ0n) is 41.3. The van der Waals surface area contributed by atoms with Gasteiger partial charge in [-0.25, -0.2) is 0 Å². The smallest absolute Gasteiger partial charge is 0.253 e. The summed E-state index contributed by atoms with van der Waals surface area (Å²) >= 11 is 2.11. The maximum atomic E-state index is 2.75. The van der Waals surface area contributed by atoms with E-state index in [1.54, 1.807) is 15.9 Å². The van der Waals surface area contributed by atoms with Crippen molar-refractivity contribution in [3.8, 4) is 11.1 Å². The van der Waals surface area contributed by atoms with Gasteiger partial charge in [0.25, 0.3) is 6.71 Å². The molecule has 0 radical (unpaired) electrons. The minimum absolute atomic E-state index is 0.0450. The summed E-state index contributed by atoms with van der Waals surface area (Å²) in [6, 6.07) is 36.5. The molecule has 0 atom stereocenters. The van der Waals surface area contributed by atoms with Gasteiger partial charge in [-0.3, -0.25) is 0 Å². The third-order valence-corrected chi connectivity index (χ3v) is 18.8. The molecule has 0 saturated heterocycles. The van der Waals surface area contributed by atoms with Crippen LogP contribution in [0.3, 0.4) is 0 Å². The number of hydrogen-bond donors (Lipinski definition) is 0. The first kappa shape index (κ1) is 42.1. The van der Waals surface area contributed by atoms with Gasteiger partial charge in [-0.15, -0.1) is 11.3 Å². The van der Waals surface area contributed by atoms with Gasteiger partial charge in [-0.2, -0.15) is 0 Å². The van der Waals surface area contributed by atoms with E-state index in [-0.39, 0.29) is 39.2 Å². The zero-order valence-corrected chi connectivity index (χ0v) is 42.1. The highest BCUT2D eigenvalue weighted by Gasteiger charge is 2.52. The molecule has 0 unspecified atom stereocenters. The van der Waals surface area contributed by atoms with Crippen LogP contribution >= 0.6 is 11.3 Å². The van der Waals surface area contributed by atoms with Gasteiger partial charge in [0.05, 0.1) is 10.7 Å². The lowest BCUT2D eigenvalue weighted by Gasteiger charge is -2.47. The molecule has 0 amide bonds. The number of anilines is 6. The summed E-state index contributed by atoms with van der Waals surface area (Å²) in [6.45, 7) is 34.6. The van der Waals surface area contributed by atoms with E-state index in [0.29, 0.717) is 0 Å². The van der Waals surface area contributed by atoms with Crippen molar-refractivity contribution in [1.82, 2.24) is 0 Å². The van der Waals surface area contributed by atoms with E-state index in [1.807, 2.05) is 0 Å². The lowest BCUT2D eigenvalue weighted by Crippen LogP contribution is -2.62. The van der Waals surface area contributed by atoms with E-state index in [1.165, 1.54) is 127 Å². The largest absolute Gasteiger partial charge is 0.311 e. The summed E-state index contributed by atoms with van der Waals surface area (Å²) in [5.41, 5.74) is 24.4. The molecular formula is C60H69BN2S. The number of benzene rings is 5. The van der Waals surface area contributed by atoms with Gasteiger partial charge in [0.1, 0.15) is 0 Å². The normalized spacial score (nSPS) is 20.9. The third kappa shape index (κ3) is 6.02. The van der Waals surface area contributed by atoms with Crippen molar-refractivity contribution in [3.63, 3.8) is 0 Å². The Bertz CT molecular complexity index is 2940. The fourth-order valence-electron chi connectivity index (χ4n) is 13.0. The Hall–Kier alpha value is -4.54. The maximum Gasteiger partial charge on any atom is 0.253 e. The molecule has 5 aliphatic rings. The standard InChI is InChI=1S/C60H69BN2S/c1-36-20-23-46-45(30-36)61-51-48(31-37(2)32-49(51)63(46)47-35-44-43(57(7,8)26-27-58(44,9)10)34-40(47)38-18-16-15-17-19-38)62(39-21-22-41-42(33-39)56(5,6)25-24-55(41,3)4)54-52(61)50-53(64-54)60(13,14)29-28-59(50,11)12/h15-23,30-35H,24-29H2,1-14H3. The number of hydrogen-bond acceptors (Lipinski definition) is 3. The van der Waals surface area contributed by atoms with Crippen LogP contribution in [-0.2, 0) is 32.5 Å². The van der Waals surface area contributed by atoms with Crippen molar-refractivity contribution in [2.75, 3.05) is 9.80 Å². The second-order valence-electron chi connectivity index (χ2n) is 24.7. The monoisotopic (exact) mass is 861 g/mol. The van der Waals surface area contributed by atoms with Crippen LogP contribution < -0.4 is 26.2 Å². The molecule has 0 N–H and O–H groups in total. The highest BCUT2D eigenvalue weighted by molar-refractivity contribution is 7.20. The molecule has 64 heavy (non-hydrogen) atoms. The average Bonchev–Trinajstić information content (AvgIpc) is 3.66. The number of thiophene rings is 1. The van der Waals surface area contributed by atoms with Crippen LogP contribution in [0, 0.1) is 13.8 Å². The van der Waals surface area contributed by atoms with Gasteiger partial charge in [0.15, 0.2) is 0 Å². The van der Waals surface area contributed by atoms with E-state index < -0.39 is 0 Å². The van der Waals surface area contributed by atoms with Crippen LogP contribution in [-0.4, -0.2) is 6.71 Å². The highest BCUT2D eigenvalue weighted by Crippen LogP contribution is 2.57. The van der Waals surface area contributed by atoms with E-state index in [2.05, 4.69) is 209 Å². The van der Waals surface area contributed by atoms with Gasteiger partial charge in [-0.1, -0.05) is 137 Å². The van der Waals surface area contributed by atoms with Crippen molar-refractivity contribution >= 4 is 67.9 Å². The van der Waals surface area contributed by atoms with Crippen molar-refractivity contribution in [2.24, 2.45) is 0 Å². The van der Waals surface area contributed by atoms with Crippen molar-refractivity contribution in [3.05, 3.63) is 135 Å². The molecule has 11 rings (SSSR count). The predicted octanol–water partition coefficient (Wildman–Crippen LogP) is 15.2. The van der Waals surface area contributed by atoms with Crippen LogP contribution in [0.25, 0.3) is 11.1 Å². The predicted molar refractivity (Wildman–Crippen MR) is 279 cm³/mol. The van der Waals surface area contributed by atoms with E-state index in [4.69, 9.17) is 0 Å². The minimum atomic E-state index is 0.0450. The molecule has 6 aromatic rings. The van der Waals surface area contributed by atoms with E-state index in [9.17, 15) is 0 Å². The van der Waals surface area contributed by atoms with Gasteiger partial charge in [-0.05, 0) is 183 Å². The highest BCUT2D eigenvalue weighted by atomic mass is 32.1. The lowest BCUT2D eigenvalue weighted by molar-refractivity contribution is 0.332. The van der Waals surface area contributed by atoms with Crippen molar-refractivity contribution < 1.29 is 0 Å². The molecule has 3 heterocycles.